The third-order valence-electron chi connectivity index (χ3n) is 3.66. The fourth-order valence-electron chi connectivity index (χ4n) is 2.27. The zero-order chi connectivity index (χ0) is 12.9. The maximum absolute atomic E-state index is 11.5. The van der Waals surface area contributed by atoms with E-state index >= 15 is 0 Å². The van der Waals surface area contributed by atoms with Gasteiger partial charge in [0.2, 0.25) is 0 Å². The number of sulfone groups is 1. The predicted molar refractivity (Wildman–Crippen MR) is 70.3 cm³/mol. The van der Waals surface area contributed by atoms with Gasteiger partial charge < -0.3 is 4.98 Å². The Hall–Kier alpha value is -1.36. The van der Waals surface area contributed by atoms with Gasteiger partial charge in [-0.05, 0) is 37.0 Å². The molecule has 0 bridgehead atoms. The fourth-order valence-corrected chi connectivity index (χ4v) is 2.92. The van der Waals surface area contributed by atoms with Crippen molar-refractivity contribution in [1.29, 1.82) is 0 Å². The molecule has 1 unspecified atom stereocenters. The molecule has 0 saturated heterocycles. The van der Waals surface area contributed by atoms with Crippen LogP contribution in [0.15, 0.2) is 23.1 Å². The van der Waals surface area contributed by atoms with Crippen molar-refractivity contribution < 1.29 is 8.42 Å². The van der Waals surface area contributed by atoms with Crippen molar-refractivity contribution in [3.8, 4) is 0 Å². The minimum Gasteiger partial charge on any atom is -0.342 e. The molecule has 1 atom stereocenters. The van der Waals surface area contributed by atoms with E-state index < -0.39 is 9.84 Å². The number of hydrogen-bond donors (Lipinski definition) is 1. The molecule has 1 N–H and O–H groups in total. The predicted octanol–water partition coefficient (Wildman–Crippen LogP) is 2.48. The van der Waals surface area contributed by atoms with Crippen molar-refractivity contribution in [2.45, 2.75) is 30.6 Å². The quantitative estimate of drug-likeness (QED) is 0.926. The monoisotopic (exact) mass is 264 g/mol. The lowest BCUT2D eigenvalue weighted by molar-refractivity contribution is 0.602. The lowest BCUT2D eigenvalue weighted by atomic mass is 10.1. The largest absolute Gasteiger partial charge is 0.342 e. The Labute approximate surface area is 106 Å². The zero-order valence-electron chi connectivity index (χ0n) is 10.5. The number of fused-ring (bicyclic) bond motifs is 1. The number of aromatic amines is 1. The van der Waals surface area contributed by atoms with E-state index in [1.165, 1.54) is 19.1 Å². The Kier molecular flexibility index (Phi) is 2.48. The standard InChI is InChI=1S/C13H16N2O2S/c1-8(9-3-4-9)13-14-11-6-5-10(18(2,16)17)7-12(11)15-13/h5-9H,3-4H2,1-2H3,(H,14,15). The van der Waals surface area contributed by atoms with Gasteiger partial charge in [-0.3, -0.25) is 0 Å². The first-order valence-electron chi connectivity index (χ1n) is 6.15. The highest BCUT2D eigenvalue weighted by atomic mass is 32.2. The van der Waals surface area contributed by atoms with Crippen LogP contribution >= 0.6 is 0 Å². The second kappa shape index (κ2) is 3.82. The Bertz CT molecular complexity index is 699. The number of benzene rings is 1. The van der Waals surface area contributed by atoms with Crippen LogP contribution in [0.4, 0.5) is 0 Å². The normalized spacial score (nSPS) is 18.1. The number of nitrogens with one attached hydrogen (secondary N) is 1. The molecular formula is C13H16N2O2S. The van der Waals surface area contributed by atoms with Gasteiger partial charge in [-0.15, -0.1) is 0 Å². The van der Waals surface area contributed by atoms with Crippen LogP contribution in [0.1, 0.15) is 31.5 Å². The molecule has 1 aliphatic carbocycles. The van der Waals surface area contributed by atoms with Gasteiger partial charge in [0.05, 0.1) is 15.9 Å². The van der Waals surface area contributed by atoms with Crippen molar-refractivity contribution in [1.82, 2.24) is 9.97 Å². The van der Waals surface area contributed by atoms with Crippen LogP contribution in [-0.2, 0) is 9.84 Å². The van der Waals surface area contributed by atoms with Gasteiger partial charge in [-0.25, -0.2) is 13.4 Å². The molecule has 1 heterocycles. The second-order valence-electron chi connectivity index (χ2n) is 5.20. The van der Waals surface area contributed by atoms with E-state index in [2.05, 4.69) is 16.9 Å². The Morgan fingerprint density at radius 2 is 2.11 bits per heavy atom. The average molecular weight is 264 g/mol. The molecular weight excluding hydrogens is 248 g/mol. The summed E-state index contributed by atoms with van der Waals surface area (Å²) in [5, 5.41) is 0. The Morgan fingerprint density at radius 3 is 2.72 bits per heavy atom. The molecule has 2 aromatic rings. The van der Waals surface area contributed by atoms with Gasteiger partial charge in [-0.2, -0.15) is 0 Å². The molecule has 4 nitrogen and oxygen atoms in total. The van der Waals surface area contributed by atoms with Crippen molar-refractivity contribution in [3.63, 3.8) is 0 Å². The first-order chi connectivity index (χ1) is 8.45. The van der Waals surface area contributed by atoms with Gasteiger partial charge >= 0.3 is 0 Å². The van der Waals surface area contributed by atoms with Crippen LogP contribution in [0.25, 0.3) is 11.0 Å². The molecule has 18 heavy (non-hydrogen) atoms. The number of H-pyrrole nitrogens is 1. The smallest absolute Gasteiger partial charge is 0.175 e. The highest BCUT2D eigenvalue weighted by molar-refractivity contribution is 7.90. The van der Waals surface area contributed by atoms with E-state index in [1.807, 2.05) is 0 Å². The minimum absolute atomic E-state index is 0.337. The van der Waals surface area contributed by atoms with E-state index in [0.717, 1.165) is 22.8 Å². The van der Waals surface area contributed by atoms with E-state index in [0.29, 0.717) is 10.8 Å². The van der Waals surface area contributed by atoms with Crippen LogP contribution in [0.5, 0.6) is 0 Å². The molecule has 1 aromatic heterocycles. The minimum atomic E-state index is -3.16. The molecule has 5 heteroatoms. The highest BCUT2D eigenvalue weighted by Crippen LogP contribution is 2.41. The number of hydrogen-bond acceptors (Lipinski definition) is 3. The van der Waals surface area contributed by atoms with Crippen LogP contribution in [0.2, 0.25) is 0 Å². The molecule has 1 aromatic carbocycles. The second-order valence-corrected chi connectivity index (χ2v) is 7.22. The maximum atomic E-state index is 11.5. The number of rotatable bonds is 3. The summed E-state index contributed by atoms with van der Waals surface area (Å²) in [6, 6.07) is 5.05. The zero-order valence-corrected chi connectivity index (χ0v) is 11.3. The summed E-state index contributed by atoms with van der Waals surface area (Å²) in [5.41, 5.74) is 1.64. The van der Waals surface area contributed by atoms with Crippen LogP contribution in [-0.4, -0.2) is 24.6 Å². The van der Waals surface area contributed by atoms with Gasteiger partial charge in [0.15, 0.2) is 9.84 Å². The third-order valence-corrected chi connectivity index (χ3v) is 4.77. The van der Waals surface area contributed by atoms with Gasteiger partial charge in [0.25, 0.3) is 0 Å². The van der Waals surface area contributed by atoms with Crippen molar-refractivity contribution in [3.05, 3.63) is 24.0 Å². The van der Waals surface area contributed by atoms with E-state index in [9.17, 15) is 8.42 Å². The van der Waals surface area contributed by atoms with E-state index in [4.69, 9.17) is 0 Å². The SMILES string of the molecule is CC(c1nc2ccc(S(C)(=O)=O)cc2[nH]1)C1CC1. The molecule has 1 saturated carbocycles. The third kappa shape index (κ3) is 2.03. The summed E-state index contributed by atoms with van der Waals surface area (Å²) in [6.45, 7) is 2.17. The number of nitrogens with zero attached hydrogens (tertiary/aromatic N) is 1. The molecule has 0 radical (unpaired) electrons. The first-order valence-corrected chi connectivity index (χ1v) is 8.04. The van der Waals surface area contributed by atoms with Crippen molar-refractivity contribution in [2.75, 3.05) is 6.26 Å². The van der Waals surface area contributed by atoms with Crippen molar-refractivity contribution in [2.24, 2.45) is 5.92 Å². The summed E-state index contributed by atoms with van der Waals surface area (Å²) < 4.78 is 23.0. The molecule has 96 valence electrons. The van der Waals surface area contributed by atoms with Gasteiger partial charge in [0.1, 0.15) is 5.82 Å². The van der Waals surface area contributed by atoms with Gasteiger partial charge in [0, 0.05) is 12.2 Å². The fraction of sp³-hybridized carbons (Fsp3) is 0.462. The summed E-state index contributed by atoms with van der Waals surface area (Å²) in [4.78, 5) is 8.14. The van der Waals surface area contributed by atoms with Crippen LogP contribution in [0, 0.1) is 5.92 Å². The highest BCUT2D eigenvalue weighted by Gasteiger charge is 2.30. The molecule has 1 fully saturated rings. The molecule has 3 rings (SSSR count). The van der Waals surface area contributed by atoms with E-state index in [1.54, 1.807) is 18.2 Å². The number of imidazole rings is 1. The van der Waals surface area contributed by atoms with Crippen LogP contribution in [0.3, 0.4) is 0 Å². The molecule has 0 aliphatic heterocycles. The van der Waals surface area contributed by atoms with Crippen LogP contribution < -0.4 is 0 Å². The maximum Gasteiger partial charge on any atom is 0.175 e. The number of aromatic nitrogens is 2. The summed E-state index contributed by atoms with van der Waals surface area (Å²) in [6.07, 6.45) is 3.76. The summed E-state index contributed by atoms with van der Waals surface area (Å²) in [5.74, 6) is 2.14. The molecule has 0 amide bonds. The Morgan fingerprint density at radius 1 is 1.39 bits per heavy atom. The Balaban J connectivity index is 2.06. The summed E-state index contributed by atoms with van der Waals surface area (Å²) >= 11 is 0. The van der Waals surface area contributed by atoms with Gasteiger partial charge in [-0.1, -0.05) is 6.92 Å². The molecule has 1 aliphatic rings. The van der Waals surface area contributed by atoms with Crippen molar-refractivity contribution >= 4 is 20.9 Å². The topological polar surface area (TPSA) is 62.8 Å². The van der Waals surface area contributed by atoms with E-state index in [-0.39, 0.29) is 0 Å². The average Bonchev–Trinajstić information content (AvgIpc) is 3.05. The molecule has 0 spiro atoms. The lowest BCUT2D eigenvalue weighted by Crippen LogP contribution is -1.97. The summed E-state index contributed by atoms with van der Waals surface area (Å²) in [7, 11) is -3.16. The lowest BCUT2D eigenvalue weighted by Gasteiger charge is -2.04. The first kappa shape index (κ1) is 11.7.